The van der Waals surface area contributed by atoms with E-state index in [0.29, 0.717) is 5.75 Å². The van der Waals surface area contributed by atoms with Gasteiger partial charge in [-0.05, 0) is 12.1 Å². The first kappa shape index (κ1) is 22.3. The molecule has 2 aromatic rings. The van der Waals surface area contributed by atoms with Crippen molar-refractivity contribution in [3.63, 3.8) is 0 Å². The second-order valence-corrected chi connectivity index (χ2v) is 6.69. The van der Waals surface area contributed by atoms with E-state index in [1.165, 1.54) is 33.5 Å². The first-order valence-electron chi connectivity index (χ1n) is 9.22. The number of ether oxygens (including phenoxy) is 4. The number of carbonyl (C=O) groups is 1. The fourth-order valence-electron chi connectivity index (χ4n) is 3.26. The van der Waals surface area contributed by atoms with Gasteiger partial charge in [0.2, 0.25) is 5.75 Å². The Labute approximate surface area is 175 Å². The highest BCUT2D eigenvalue weighted by Gasteiger charge is 2.44. The highest BCUT2D eigenvalue weighted by molar-refractivity contribution is 5.95. The number of H-pyrrole nitrogens is 1. The number of aliphatic hydroxyl groups excluding tert-OH is 2. The zero-order chi connectivity index (χ0) is 22.7. The minimum atomic E-state index is -1.45. The van der Waals surface area contributed by atoms with Crippen molar-refractivity contribution in [1.82, 2.24) is 14.9 Å². The quantitative estimate of drug-likeness (QED) is 0.409. The van der Waals surface area contributed by atoms with Gasteiger partial charge in [0.05, 0.1) is 21.3 Å². The number of amides is 1. The molecular weight excluding hydrogens is 414 g/mol. The fraction of sp³-hybridized carbons (Fsp3) is 0.421. The lowest BCUT2D eigenvalue weighted by Gasteiger charge is -2.17. The van der Waals surface area contributed by atoms with Crippen LogP contribution in [-0.2, 0) is 4.74 Å². The lowest BCUT2D eigenvalue weighted by molar-refractivity contribution is -0.0387. The summed E-state index contributed by atoms with van der Waals surface area (Å²) >= 11 is 0. The maximum absolute atomic E-state index is 12.6. The molecule has 4 atom stereocenters. The Morgan fingerprint density at radius 1 is 1.13 bits per heavy atom. The van der Waals surface area contributed by atoms with Crippen LogP contribution in [0.3, 0.4) is 0 Å². The van der Waals surface area contributed by atoms with Gasteiger partial charge in [-0.25, -0.2) is 4.79 Å². The van der Waals surface area contributed by atoms with Crippen molar-refractivity contribution in [2.45, 2.75) is 24.5 Å². The summed E-state index contributed by atoms with van der Waals surface area (Å²) in [5, 5.41) is 23.1. The molecule has 12 heteroatoms. The molecule has 0 bridgehead atoms. The van der Waals surface area contributed by atoms with Crippen LogP contribution in [0.1, 0.15) is 16.6 Å². The van der Waals surface area contributed by atoms with Crippen molar-refractivity contribution in [3.05, 3.63) is 50.8 Å². The van der Waals surface area contributed by atoms with Gasteiger partial charge in [-0.2, -0.15) is 0 Å². The fourth-order valence-corrected chi connectivity index (χ4v) is 3.26. The number of hydrogen-bond donors (Lipinski definition) is 4. The smallest absolute Gasteiger partial charge is 0.330 e. The number of hydrogen-bond acceptors (Lipinski definition) is 9. The minimum Gasteiger partial charge on any atom is -0.493 e. The number of aromatic nitrogens is 2. The van der Waals surface area contributed by atoms with E-state index in [4.69, 9.17) is 18.9 Å². The van der Waals surface area contributed by atoms with Gasteiger partial charge in [0.15, 0.2) is 17.7 Å². The normalized spacial score (nSPS) is 22.7. The molecular formula is C19H23N3O9. The molecule has 1 fully saturated rings. The number of carbonyl (C=O) groups excluding carboxylic acids is 1. The number of rotatable bonds is 7. The molecule has 0 aliphatic carbocycles. The van der Waals surface area contributed by atoms with Crippen LogP contribution in [-0.4, -0.2) is 71.9 Å². The molecule has 3 rings (SSSR count). The third-order valence-corrected chi connectivity index (χ3v) is 4.85. The van der Waals surface area contributed by atoms with Gasteiger partial charge in [-0.1, -0.05) is 0 Å². The van der Waals surface area contributed by atoms with Gasteiger partial charge in [0.25, 0.3) is 11.5 Å². The molecule has 0 spiro atoms. The van der Waals surface area contributed by atoms with E-state index in [9.17, 15) is 24.6 Å². The van der Waals surface area contributed by atoms with Crippen LogP contribution in [0.15, 0.2) is 34.0 Å². The van der Waals surface area contributed by atoms with Gasteiger partial charge < -0.3 is 34.5 Å². The average Bonchev–Trinajstić information content (AvgIpc) is 3.04. The molecule has 31 heavy (non-hydrogen) atoms. The molecule has 168 valence electrons. The Balaban J connectivity index is 1.73. The zero-order valence-corrected chi connectivity index (χ0v) is 17.0. The van der Waals surface area contributed by atoms with Crippen molar-refractivity contribution in [2.75, 3.05) is 27.9 Å². The summed E-state index contributed by atoms with van der Waals surface area (Å²) in [5.41, 5.74) is -1.20. The van der Waals surface area contributed by atoms with Crippen LogP contribution in [0.5, 0.6) is 17.2 Å². The molecule has 0 saturated carbocycles. The van der Waals surface area contributed by atoms with E-state index in [1.54, 1.807) is 0 Å². The predicted molar refractivity (Wildman–Crippen MR) is 106 cm³/mol. The summed E-state index contributed by atoms with van der Waals surface area (Å²) in [4.78, 5) is 37.8. The molecule has 1 aromatic carbocycles. The van der Waals surface area contributed by atoms with Gasteiger partial charge in [-0.15, -0.1) is 0 Å². The van der Waals surface area contributed by atoms with Gasteiger partial charge in [0.1, 0.15) is 18.3 Å². The molecule has 2 heterocycles. The Hall–Kier alpha value is -3.35. The maximum atomic E-state index is 12.6. The van der Waals surface area contributed by atoms with Gasteiger partial charge >= 0.3 is 5.69 Å². The van der Waals surface area contributed by atoms with E-state index in [-0.39, 0.29) is 23.6 Å². The number of aromatic amines is 1. The summed E-state index contributed by atoms with van der Waals surface area (Å²) < 4.78 is 22.2. The largest absolute Gasteiger partial charge is 0.493 e. The van der Waals surface area contributed by atoms with E-state index in [0.717, 1.165) is 16.8 Å². The monoisotopic (exact) mass is 437 g/mol. The maximum Gasteiger partial charge on any atom is 0.330 e. The highest BCUT2D eigenvalue weighted by atomic mass is 16.6. The Morgan fingerprint density at radius 2 is 1.77 bits per heavy atom. The summed E-state index contributed by atoms with van der Waals surface area (Å²) in [5.74, 6) is 0.386. The number of nitrogens with one attached hydrogen (secondary N) is 2. The van der Waals surface area contributed by atoms with Crippen molar-refractivity contribution < 1.29 is 34.0 Å². The number of benzene rings is 1. The summed E-state index contributed by atoms with van der Waals surface area (Å²) in [6.07, 6.45) is -3.93. The van der Waals surface area contributed by atoms with Crippen LogP contribution in [0, 0.1) is 0 Å². The van der Waals surface area contributed by atoms with Gasteiger partial charge in [-0.3, -0.25) is 19.1 Å². The number of methoxy groups -OCH3 is 3. The third kappa shape index (κ3) is 4.40. The minimum absolute atomic E-state index is 0.164. The second-order valence-electron chi connectivity index (χ2n) is 6.69. The topological polar surface area (TPSA) is 161 Å². The van der Waals surface area contributed by atoms with Crippen molar-refractivity contribution >= 4 is 5.91 Å². The summed E-state index contributed by atoms with van der Waals surface area (Å²) in [6, 6.07) is 4.00. The van der Waals surface area contributed by atoms with Crippen LogP contribution in [0.25, 0.3) is 0 Å². The molecule has 1 amide bonds. The Bertz CT molecular complexity index is 1040. The molecule has 1 saturated heterocycles. The SMILES string of the molecule is COc1cc(C(=O)NC[C@H]2O[C@@H](n3ccc(=O)[nH]c3=O)[C@@H](O)[C@@H]2O)cc(OC)c1OC. The van der Waals surface area contributed by atoms with Gasteiger partial charge in [0, 0.05) is 24.4 Å². The Kier molecular flexibility index (Phi) is 6.63. The average molecular weight is 437 g/mol. The van der Waals surface area contributed by atoms with Crippen molar-refractivity contribution in [3.8, 4) is 17.2 Å². The highest BCUT2D eigenvalue weighted by Crippen LogP contribution is 2.38. The van der Waals surface area contributed by atoms with E-state index in [2.05, 4.69) is 5.32 Å². The van der Waals surface area contributed by atoms with Crippen LogP contribution >= 0.6 is 0 Å². The number of aliphatic hydroxyl groups is 2. The van der Waals surface area contributed by atoms with Crippen LogP contribution < -0.4 is 30.8 Å². The standard InChI is InChI=1S/C19H23N3O9/c1-28-10-6-9(7-11(29-2)16(10)30-3)17(26)20-8-12-14(24)15(25)18(31-12)22-5-4-13(23)21-19(22)27/h4-7,12,14-15,18,24-25H,8H2,1-3H3,(H,20,26)(H,21,23,27)/t12-,14-,15+,18-/m1/s1. The molecule has 1 aromatic heterocycles. The van der Waals surface area contributed by atoms with Crippen LogP contribution in [0.2, 0.25) is 0 Å². The first-order chi connectivity index (χ1) is 14.8. The van der Waals surface area contributed by atoms with Crippen molar-refractivity contribution in [2.24, 2.45) is 0 Å². The number of nitrogens with zero attached hydrogens (tertiary/aromatic N) is 1. The molecule has 12 nitrogen and oxygen atoms in total. The summed E-state index contributed by atoms with van der Waals surface area (Å²) in [6.45, 7) is -0.164. The lowest BCUT2D eigenvalue weighted by Crippen LogP contribution is -2.40. The summed E-state index contributed by atoms with van der Waals surface area (Å²) in [7, 11) is 4.28. The molecule has 0 radical (unpaired) electrons. The van der Waals surface area contributed by atoms with E-state index >= 15 is 0 Å². The third-order valence-electron chi connectivity index (χ3n) is 4.85. The molecule has 1 aliphatic rings. The van der Waals surface area contributed by atoms with E-state index < -0.39 is 41.7 Å². The van der Waals surface area contributed by atoms with Crippen molar-refractivity contribution in [1.29, 1.82) is 0 Å². The van der Waals surface area contributed by atoms with E-state index in [1.807, 2.05) is 4.98 Å². The molecule has 0 unspecified atom stereocenters. The predicted octanol–water partition coefficient (Wildman–Crippen LogP) is -1.39. The lowest BCUT2D eigenvalue weighted by atomic mass is 10.1. The first-order valence-corrected chi connectivity index (χ1v) is 9.22. The second kappa shape index (κ2) is 9.20. The zero-order valence-electron chi connectivity index (χ0n) is 17.0. The molecule has 4 N–H and O–H groups in total. The molecule has 1 aliphatic heterocycles. The van der Waals surface area contributed by atoms with Crippen LogP contribution in [0.4, 0.5) is 0 Å². The Morgan fingerprint density at radius 3 is 2.32 bits per heavy atom.